The highest BCUT2D eigenvalue weighted by atomic mass is 16.2. The Morgan fingerprint density at radius 2 is 2.00 bits per heavy atom. The van der Waals surface area contributed by atoms with Gasteiger partial charge < -0.3 is 4.90 Å². The highest BCUT2D eigenvalue weighted by Gasteiger charge is 2.10. The average molecular weight is 197 g/mol. The molecule has 0 unspecified atom stereocenters. The van der Waals surface area contributed by atoms with Crippen molar-refractivity contribution in [3.05, 3.63) is 12.7 Å². The van der Waals surface area contributed by atoms with E-state index in [2.05, 4.69) is 13.5 Å². The number of rotatable bonds is 8. The third-order valence-corrected chi connectivity index (χ3v) is 2.20. The Kier molecular flexibility index (Phi) is 8.30. The van der Waals surface area contributed by atoms with E-state index in [1.807, 2.05) is 17.9 Å². The molecule has 0 aliphatic heterocycles. The lowest BCUT2D eigenvalue weighted by Crippen LogP contribution is -2.32. The normalized spacial score (nSPS) is 9.86. The predicted octanol–water partition coefficient (Wildman–Crippen LogP) is 2.99. The quantitative estimate of drug-likeness (QED) is 0.548. The largest absolute Gasteiger partial charge is 0.342 e. The van der Waals surface area contributed by atoms with Gasteiger partial charge in [0.25, 0.3) is 0 Å². The topological polar surface area (TPSA) is 20.3 Å². The summed E-state index contributed by atoms with van der Waals surface area (Å²) in [5.74, 6) is 0.294. The number of carbonyl (C=O) groups excluding carboxylic acids is 1. The molecule has 0 saturated heterocycles. The van der Waals surface area contributed by atoms with Gasteiger partial charge in [-0.25, -0.2) is 0 Å². The molecule has 0 spiro atoms. The second-order valence-corrected chi connectivity index (χ2v) is 3.56. The Hall–Kier alpha value is -0.790. The average Bonchev–Trinajstić information content (AvgIpc) is 2.18. The van der Waals surface area contributed by atoms with Gasteiger partial charge in [0.2, 0.25) is 5.91 Å². The van der Waals surface area contributed by atoms with Crippen LogP contribution in [0.15, 0.2) is 12.7 Å². The van der Waals surface area contributed by atoms with Gasteiger partial charge in [-0.05, 0) is 19.3 Å². The molecule has 1 amide bonds. The summed E-state index contributed by atoms with van der Waals surface area (Å²) in [6.45, 7) is 9.62. The van der Waals surface area contributed by atoms with Gasteiger partial charge in [0.1, 0.15) is 0 Å². The van der Waals surface area contributed by atoms with Crippen LogP contribution in [0, 0.1) is 0 Å². The number of carbonyl (C=O) groups is 1. The van der Waals surface area contributed by atoms with Crippen molar-refractivity contribution in [2.75, 3.05) is 13.1 Å². The minimum Gasteiger partial charge on any atom is -0.342 e. The summed E-state index contributed by atoms with van der Waals surface area (Å²) < 4.78 is 0. The fourth-order valence-electron chi connectivity index (χ4n) is 1.33. The van der Waals surface area contributed by atoms with Gasteiger partial charge in [-0.3, -0.25) is 4.79 Å². The van der Waals surface area contributed by atoms with E-state index in [-0.39, 0.29) is 0 Å². The smallest absolute Gasteiger partial charge is 0.222 e. The zero-order valence-electron chi connectivity index (χ0n) is 9.59. The van der Waals surface area contributed by atoms with Crippen LogP contribution in [0.1, 0.15) is 46.0 Å². The monoisotopic (exact) mass is 197 g/mol. The summed E-state index contributed by atoms with van der Waals surface area (Å²) in [5, 5.41) is 0. The molecule has 0 aromatic rings. The standard InChI is InChI=1S/C12H23NO/c1-4-7-10-13(11-8-5-2)12(14)9-6-3/h4H,1,5-11H2,2-3H3. The summed E-state index contributed by atoms with van der Waals surface area (Å²) in [6, 6.07) is 0. The molecule has 0 aromatic heterocycles. The minimum absolute atomic E-state index is 0.294. The van der Waals surface area contributed by atoms with Gasteiger partial charge in [-0.2, -0.15) is 0 Å². The Balaban J connectivity index is 3.93. The number of unbranched alkanes of at least 4 members (excludes halogenated alkanes) is 1. The summed E-state index contributed by atoms with van der Waals surface area (Å²) in [7, 11) is 0. The van der Waals surface area contributed by atoms with E-state index in [1.54, 1.807) is 0 Å². The molecular weight excluding hydrogens is 174 g/mol. The Morgan fingerprint density at radius 3 is 2.50 bits per heavy atom. The van der Waals surface area contributed by atoms with Gasteiger partial charge in [0, 0.05) is 19.5 Å². The van der Waals surface area contributed by atoms with Crippen LogP contribution in [0.4, 0.5) is 0 Å². The van der Waals surface area contributed by atoms with Gasteiger partial charge >= 0.3 is 0 Å². The van der Waals surface area contributed by atoms with Crippen molar-refractivity contribution in [3.8, 4) is 0 Å². The molecule has 0 atom stereocenters. The van der Waals surface area contributed by atoms with Crippen LogP contribution in [0.3, 0.4) is 0 Å². The van der Waals surface area contributed by atoms with Crippen molar-refractivity contribution >= 4 is 5.91 Å². The van der Waals surface area contributed by atoms with Crippen LogP contribution < -0.4 is 0 Å². The molecule has 0 fully saturated rings. The SMILES string of the molecule is C=CCCN(CCCC)C(=O)CCC. The summed E-state index contributed by atoms with van der Waals surface area (Å²) in [6.07, 6.45) is 6.64. The Morgan fingerprint density at radius 1 is 1.29 bits per heavy atom. The Labute approximate surface area is 88.0 Å². The molecule has 0 aliphatic carbocycles. The third kappa shape index (κ3) is 5.79. The maximum Gasteiger partial charge on any atom is 0.222 e. The molecule has 0 radical (unpaired) electrons. The number of nitrogens with zero attached hydrogens (tertiary/aromatic N) is 1. The molecule has 14 heavy (non-hydrogen) atoms. The highest BCUT2D eigenvalue weighted by Crippen LogP contribution is 2.02. The zero-order chi connectivity index (χ0) is 10.8. The van der Waals surface area contributed by atoms with Crippen LogP contribution in [0.5, 0.6) is 0 Å². The van der Waals surface area contributed by atoms with E-state index in [4.69, 9.17) is 0 Å². The molecular formula is C12H23NO. The fourth-order valence-corrected chi connectivity index (χ4v) is 1.33. The molecule has 0 heterocycles. The van der Waals surface area contributed by atoms with E-state index in [1.165, 1.54) is 0 Å². The van der Waals surface area contributed by atoms with E-state index in [9.17, 15) is 4.79 Å². The zero-order valence-corrected chi connectivity index (χ0v) is 9.59. The lowest BCUT2D eigenvalue weighted by atomic mass is 10.2. The second kappa shape index (κ2) is 8.79. The minimum atomic E-state index is 0.294. The highest BCUT2D eigenvalue weighted by molar-refractivity contribution is 5.76. The van der Waals surface area contributed by atoms with E-state index in [0.717, 1.165) is 38.8 Å². The summed E-state index contributed by atoms with van der Waals surface area (Å²) in [4.78, 5) is 13.6. The molecule has 2 heteroatoms. The van der Waals surface area contributed by atoms with E-state index >= 15 is 0 Å². The second-order valence-electron chi connectivity index (χ2n) is 3.56. The first kappa shape index (κ1) is 13.2. The lowest BCUT2D eigenvalue weighted by molar-refractivity contribution is -0.131. The van der Waals surface area contributed by atoms with Gasteiger partial charge in [-0.1, -0.05) is 26.3 Å². The van der Waals surface area contributed by atoms with Crippen molar-refractivity contribution < 1.29 is 4.79 Å². The molecule has 0 N–H and O–H groups in total. The van der Waals surface area contributed by atoms with Gasteiger partial charge in [0.05, 0.1) is 0 Å². The predicted molar refractivity (Wildman–Crippen MR) is 61.2 cm³/mol. The van der Waals surface area contributed by atoms with Crippen molar-refractivity contribution in [3.63, 3.8) is 0 Å². The first-order chi connectivity index (χ1) is 6.76. The maximum atomic E-state index is 11.6. The number of hydrogen-bond donors (Lipinski definition) is 0. The molecule has 2 nitrogen and oxygen atoms in total. The van der Waals surface area contributed by atoms with Crippen LogP contribution in [-0.4, -0.2) is 23.9 Å². The fraction of sp³-hybridized carbons (Fsp3) is 0.750. The maximum absolute atomic E-state index is 11.6. The summed E-state index contributed by atoms with van der Waals surface area (Å²) >= 11 is 0. The van der Waals surface area contributed by atoms with Gasteiger partial charge in [0.15, 0.2) is 0 Å². The molecule has 0 rings (SSSR count). The van der Waals surface area contributed by atoms with Crippen molar-refractivity contribution in [1.29, 1.82) is 0 Å². The first-order valence-electron chi connectivity index (χ1n) is 5.64. The number of amides is 1. The van der Waals surface area contributed by atoms with Crippen molar-refractivity contribution in [1.82, 2.24) is 4.90 Å². The van der Waals surface area contributed by atoms with Gasteiger partial charge in [-0.15, -0.1) is 6.58 Å². The lowest BCUT2D eigenvalue weighted by Gasteiger charge is -2.21. The third-order valence-electron chi connectivity index (χ3n) is 2.20. The molecule has 0 saturated carbocycles. The molecule has 0 aliphatic rings. The number of hydrogen-bond acceptors (Lipinski definition) is 1. The van der Waals surface area contributed by atoms with Crippen LogP contribution in [-0.2, 0) is 4.79 Å². The van der Waals surface area contributed by atoms with Crippen LogP contribution in [0.2, 0.25) is 0 Å². The first-order valence-corrected chi connectivity index (χ1v) is 5.64. The van der Waals surface area contributed by atoms with Crippen LogP contribution >= 0.6 is 0 Å². The molecule has 82 valence electrons. The van der Waals surface area contributed by atoms with Crippen molar-refractivity contribution in [2.45, 2.75) is 46.0 Å². The van der Waals surface area contributed by atoms with E-state index < -0.39 is 0 Å². The Bertz CT molecular complexity index is 166. The molecule has 0 aromatic carbocycles. The summed E-state index contributed by atoms with van der Waals surface area (Å²) in [5.41, 5.74) is 0. The van der Waals surface area contributed by atoms with Crippen molar-refractivity contribution in [2.24, 2.45) is 0 Å². The van der Waals surface area contributed by atoms with Crippen LogP contribution in [0.25, 0.3) is 0 Å². The molecule has 0 bridgehead atoms. The van der Waals surface area contributed by atoms with E-state index in [0.29, 0.717) is 12.3 Å².